The maximum Gasteiger partial charge on any atom is 0.239 e. The fourth-order valence-electron chi connectivity index (χ4n) is 2.57. The largest absolute Gasteiger partial charge is 0.493 e. The van der Waals surface area contributed by atoms with Crippen molar-refractivity contribution in [2.45, 2.75) is 12.5 Å². The number of halogens is 1. The molecule has 3 N–H and O–H groups in total. The Hall–Kier alpha value is -3.33. The van der Waals surface area contributed by atoms with E-state index in [4.69, 9.17) is 14.2 Å². The van der Waals surface area contributed by atoms with Gasteiger partial charge in [-0.05, 0) is 29.8 Å². The zero-order valence-electron chi connectivity index (χ0n) is 16.8. The zero-order valence-corrected chi connectivity index (χ0v) is 16.8. The van der Waals surface area contributed by atoms with Gasteiger partial charge in [-0.2, -0.15) is 0 Å². The van der Waals surface area contributed by atoms with Crippen LogP contribution in [0.25, 0.3) is 0 Å². The van der Waals surface area contributed by atoms with Crippen LogP contribution in [0.4, 0.5) is 4.39 Å². The number of amides is 2. The van der Waals surface area contributed by atoms with Gasteiger partial charge in [0.05, 0.1) is 27.2 Å². The van der Waals surface area contributed by atoms with Crippen molar-refractivity contribution in [1.29, 1.82) is 0 Å². The minimum absolute atomic E-state index is 0.0394. The Labute approximate surface area is 173 Å². The number of hydrogen-bond donors (Lipinski definition) is 3. The topological polar surface area (TPSA) is 106 Å². The number of carbonyl (C=O) groups excluding carboxylic acids is 2. The first kappa shape index (κ1) is 23.0. The van der Waals surface area contributed by atoms with E-state index in [0.29, 0.717) is 22.8 Å². The van der Waals surface area contributed by atoms with Crippen LogP contribution >= 0.6 is 0 Å². The van der Waals surface area contributed by atoms with Crippen LogP contribution in [0.3, 0.4) is 0 Å². The normalized spacial score (nSPS) is 11.3. The van der Waals surface area contributed by atoms with Crippen molar-refractivity contribution in [3.8, 4) is 17.2 Å². The molecule has 2 aromatic carbocycles. The molecule has 2 rings (SSSR count). The molecule has 0 bridgehead atoms. The lowest BCUT2D eigenvalue weighted by Gasteiger charge is -2.17. The molecule has 30 heavy (non-hydrogen) atoms. The number of aliphatic hydroxyl groups is 1. The van der Waals surface area contributed by atoms with Crippen LogP contribution in [-0.4, -0.2) is 56.9 Å². The summed E-state index contributed by atoms with van der Waals surface area (Å²) >= 11 is 0. The Bertz CT molecular complexity index is 839. The second-order valence-corrected chi connectivity index (χ2v) is 6.34. The molecule has 0 aromatic heterocycles. The second kappa shape index (κ2) is 11.6. The summed E-state index contributed by atoms with van der Waals surface area (Å²) in [6, 6.07) is 10.8. The minimum atomic E-state index is -0.994. The number of para-hydroxylation sites is 1. The van der Waals surface area contributed by atoms with Gasteiger partial charge < -0.3 is 30.0 Å². The number of ether oxygens (including phenoxy) is 3. The highest BCUT2D eigenvalue weighted by Crippen LogP contribution is 2.36. The van der Waals surface area contributed by atoms with Gasteiger partial charge in [0.2, 0.25) is 17.6 Å². The first-order chi connectivity index (χ1) is 14.4. The molecular formula is C21H25FN2O6. The van der Waals surface area contributed by atoms with Crippen LogP contribution < -0.4 is 24.8 Å². The van der Waals surface area contributed by atoms with Gasteiger partial charge in [-0.1, -0.05) is 18.2 Å². The molecule has 0 saturated carbocycles. The summed E-state index contributed by atoms with van der Waals surface area (Å²) in [5.41, 5.74) is 0.507. The van der Waals surface area contributed by atoms with Crippen LogP contribution in [0.15, 0.2) is 42.5 Å². The molecule has 0 spiro atoms. The number of hydrogen-bond acceptors (Lipinski definition) is 6. The van der Waals surface area contributed by atoms with E-state index in [0.717, 1.165) is 0 Å². The van der Waals surface area contributed by atoms with E-state index in [1.807, 2.05) is 0 Å². The van der Waals surface area contributed by atoms with Gasteiger partial charge in [-0.3, -0.25) is 9.59 Å². The fraction of sp³-hybridized carbons (Fsp3) is 0.333. The third-order valence-corrected chi connectivity index (χ3v) is 4.04. The lowest BCUT2D eigenvalue weighted by atomic mass is 10.1. The molecule has 0 heterocycles. The van der Waals surface area contributed by atoms with Gasteiger partial charge in [0.1, 0.15) is 18.5 Å². The standard InChI is InChI=1S/C21H25FN2O6/c1-28-17-7-4-8-18(29-2)21(17)30-13-16(25)11-23-20(27)12-24-19(26)10-14-5-3-6-15(22)9-14/h3-9,16,25H,10-13H2,1-2H3,(H,23,27)(H,24,26). The van der Waals surface area contributed by atoms with Gasteiger partial charge in [0.15, 0.2) is 11.5 Å². The quantitative estimate of drug-likeness (QED) is 0.502. The third kappa shape index (κ3) is 7.25. The zero-order chi connectivity index (χ0) is 21.9. The van der Waals surface area contributed by atoms with Crippen LogP contribution in [0, 0.1) is 5.82 Å². The Morgan fingerprint density at radius 1 is 1.03 bits per heavy atom. The number of rotatable bonds is 11. The summed E-state index contributed by atoms with van der Waals surface area (Å²) in [6.45, 7) is -0.443. The first-order valence-corrected chi connectivity index (χ1v) is 9.22. The van der Waals surface area contributed by atoms with Gasteiger partial charge in [0, 0.05) is 6.54 Å². The molecule has 0 radical (unpaired) electrons. The van der Waals surface area contributed by atoms with Crippen LogP contribution in [0.5, 0.6) is 17.2 Å². The molecule has 2 amide bonds. The molecule has 1 unspecified atom stereocenters. The molecule has 0 fully saturated rings. The maximum absolute atomic E-state index is 13.1. The molecular weight excluding hydrogens is 395 g/mol. The summed E-state index contributed by atoms with van der Waals surface area (Å²) in [5.74, 6) is -0.0740. The number of aliphatic hydroxyl groups excluding tert-OH is 1. The monoisotopic (exact) mass is 420 g/mol. The summed E-state index contributed by atoms with van der Waals surface area (Å²) in [6.07, 6.45) is -1.03. The van der Waals surface area contributed by atoms with E-state index >= 15 is 0 Å². The first-order valence-electron chi connectivity index (χ1n) is 9.22. The van der Waals surface area contributed by atoms with E-state index in [1.165, 1.54) is 32.4 Å². The van der Waals surface area contributed by atoms with Crippen LogP contribution in [0.2, 0.25) is 0 Å². The summed E-state index contributed by atoms with van der Waals surface area (Å²) in [7, 11) is 2.97. The molecule has 2 aromatic rings. The number of benzene rings is 2. The molecule has 1 atom stereocenters. The van der Waals surface area contributed by atoms with Crippen molar-refractivity contribution in [3.05, 3.63) is 53.8 Å². The van der Waals surface area contributed by atoms with Gasteiger partial charge >= 0.3 is 0 Å². The van der Waals surface area contributed by atoms with E-state index in [9.17, 15) is 19.1 Å². The molecule has 0 saturated heterocycles. The Morgan fingerprint density at radius 3 is 2.33 bits per heavy atom. The van der Waals surface area contributed by atoms with Gasteiger partial charge in [-0.15, -0.1) is 0 Å². The smallest absolute Gasteiger partial charge is 0.239 e. The Balaban J connectivity index is 1.71. The molecule has 0 aliphatic heterocycles. The number of nitrogens with one attached hydrogen (secondary N) is 2. The average molecular weight is 420 g/mol. The van der Waals surface area contributed by atoms with Crippen LogP contribution in [-0.2, 0) is 16.0 Å². The highest BCUT2D eigenvalue weighted by molar-refractivity contribution is 5.85. The lowest BCUT2D eigenvalue weighted by Crippen LogP contribution is -2.41. The Kier molecular flexibility index (Phi) is 8.89. The highest BCUT2D eigenvalue weighted by Gasteiger charge is 2.15. The molecule has 0 aliphatic carbocycles. The van der Waals surface area contributed by atoms with E-state index < -0.39 is 23.7 Å². The number of carbonyl (C=O) groups is 2. The SMILES string of the molecule is COc1cccc(OC)c1OCC(O)CNC(=O)CNC(=O)Cc1cccc(F)c1. The lowest BCUT2D eigenvalue weighted by molar-refractivity contribution is -0.126. The van der Waals surface area contributed by atoms with Crippen molar-refractivity contribution in [2.75, 3.05) is 33.9 Å². The third-order valence-electron chi connectivity index (χ3n) is 4.04. The number of methoxy groups -OCH3 is 2. The van der Waals surface area contributed by atoms with Crippen molar-refractivity contribution in [1.82, 2.24) is 10.6 Å². The summed E-state index contributed by atoms with van der Waals surface area (Å²) in [5, 5.41) is 15.0. The van der Waals surface area contributed by atoms with Crippen molar-refractivity contribution >= 4 is 11.8 Å². The maximum atomic E-state index is 13.1. The van der Waals surface area contributed by atoms with E-state index in [2.05, 4.69) is 10.6 Å². The molecule has 162 valence electrons. The predicted octanol–water partition coefficient (Wildman–Crippen LogP) is 1.06. The fourth-order valence-corrected chi connectivity index (χ4v) is 2.57. The average Bonchev–Trinajstić information content (AvgIpc) is 2.74. The summed E-state index contributed by atoms with van der Waals surface area (Å²) in [4.78, 5) is 23.7. The Morgan fingerprint density at radius 2 is 1.70 bits per heavy atom. The molecule has 8 nitrogen and oxygen atoms in total. The minimum Gasteiger partial charge on any atom is -0.493 e. The van der Waals surface area contributed by atoms with E-state index in [-0.39, 0.29) is 26.1 Å². The summed E-state index contributed by atoms with van der Waals surface area (Å²) < 4.78 is 29.1. The highest BCUT2D eigenvalue weighted by atomic mass is 19.1. The van der Waals surface area contributed by atoms with Gasteiger partial charge in [0.25, 0.3) is 0 Å². The van der Waals surface area contributed by atoms with Gasteiger partial charge in [-0.25, -0.2) is 4.39 Å². The van der Waals surface area contributed by atoms with Crippen molar-refractivity contribution in [2.24, 2.45) is 0 Å². The van der Waals surface area contributed by atoms with Crippen molar-refractivity contribution < 1.29 is 33.3 Å². The molecule has 9 heteroatoms. The van der Waals surface area contributed by atoms with Crippen LogP contribution in [0.1, 0.15) is 5.56 Å². The predicted molar refractivity (Wildman–Crippen MR) is 107 cm³/mol. The van der Waals surface area contributed by atoms with Crippen molar-refractivity contribution in [3.63, 3.8) is 0 Å². The molecule has 0 aliphatic rings. The second-order valence-electron chi connectivity index (χ2n) is 6.34. The van der Waals surface area contributed by atoms with E-state index in [1.54, 1.807) is 24.3 Å².